The van der Waals surface area contributed by atoms with Crippen molar-refractivity contribution in [2.45, 2.75) is 83.7 Å². The van der Waals surface area contributed by atoms with Crippen molar-refractivity contribution < 1.29 is 0 Å². The summed E-state index contributed by atoms with van der Waals surface area (Å²) in [5, 5.41) is 3.94. The highest BCUT2D eigenvalue weighted by molar-refractivity contribution is 4.87. The average molecular weight is 295 g/mol. The molecule has 0 heterocycles. The third kappa shape index (κ3) is 4.69. The first-order valence-corrected chi connectivity index (χ1v) is 9.55. The number of hydrogen-bond donors (Lipinski definition) is 1. The maximum absolute atomic E-state index is 3.94. The second-order valence-electron chi connectivity index (χ2n) is 7.83. The standard InChI is InChI=1S/C19H38N2/c1-5-15(6-2)19(21(3)4)14-20-18-12-11-16-9-7-8-10-17(16)13-18/h15-20H,5-14H2,1-4H3. The maximum atomic E-state index is 3.94. The Morgan fingerprint density at radius 3 is 2.24 bits per heavy atom. The molecule has 124 valence electrons. The molecule has 2 rings (SSSR count). The van der Waals surface area contributed by atoms with E-state index in [9.17, 15) is 0 Å². The zero-order chi connectivity index (χ0) is 15.2. The summed E-state index contributed by atoms with van der Waals surface area (Å²) in [6.07, 6.45) is 13.0. The molecule has 0 radical (unpaired) electrons. The molecule has 0 amide bonds. The van der Waals surface area contributed by atoms with Crippen LogP contribution in [0, 0.1) is 17.8 Å². The Morgan fingerprint density at radius 1 is 0.952 bits per heavy atom. The van der Waals surface area contributed by atoms with Crippen LogP contribution in [0.5, 0.6) is 0 Å². The van der Waals surface area contributed by atoms with Gasteiger partial charge in [0.05, 0.1) is 0 Å². The highest BCUT2D eigenvalue weighted by Gasteiger charge is 2.32. The van der Waals surface area contributed by atoms with E-state index in [0.29, 0.717) is 6.04 Å². The molecule has 4 atom stereocenters. The van der Waals surface area contributed by atoms with Gasteiger partial charge >= 0.3 is 0 Å². The Bertz CT molecular complexity index is 285. The molecule has 1 N–H and O–H groups in total. The van der Waals surface area contributed by atoms with Gasteiger partial charge in [0.25, 0.3) is 0 Å². The van der Waals surface area contributed by atoms with Crippen molar-refractivity contribution >= 4 is 0 Å². The molecule has 4 unspecified atom stereocenters. The Hall–Kier alpha value is -0.0800. The van der Waals surface area contributed by atoms with Crippen LogP contribution in [0.4, 0.5) is 0 Å². The molecule has 21 heavy (non-hydrogen) atoms. The van der Waals surface area contributed by atoms with Gasteiger partial charge in [0.1, 0.15) is 0 Å². The Balaban J connectivity index is 1.80. The van der Waals surface area contributed by atoms with Gasteiger partial charge in [-0.3, -0.25) is 0 Å². The lowest BCUT2D eigenvalue weighted by atomic mass is 9.69. The van der Waals surface area contributed by atoms with Gasteiger partial charge < -0.3 is 10.2 Å². The van der Waals surface area contributed by atoms with Gasteiger partial charge in [-0.2, -0.15) is 0 Å². The van der Waals surface area contributed by atoms with Gasteiger partial charge in [0.15, 0.2) is 0 Å². The van der Waals surface area contributed by atoms with E-state index >= 15 is 0 Å². The van der Waals surface area contributed by atoms with Crippen LogP contribution in [0.1, 0.15) is 71.6 Å². The first-order valence-electron chi connectivity index (χ1n) is 9.55. The van der Waals surface area contributed by atoms with E-state index in [1.165, 1.54) is 64.3 Å². The molecule has 0 bridgehead atoms. The van der Waals surface area contributed by atoms with Crippen LogP contribution < -0.4 is 5.32 Å². The van der Waals surface area contributed by atoms with Crippen molar-refractivity contribution in [3.63, 3.8) is 0 Å². The summed E-state index contributed by atoms with van der Waals surface area (Å²) >= 11 is 0. The molecular weight excluding hydrogens is 256 g/mol. The minimum Gasteiger partial charge on any atom is -0.312 e. The van der Waals surface area contributed by atoms with Crippen LogP contribution in [0.15, 0.2) is 0 Å². The van der Waals surface area contributed by atoms with Crippen LogP contribution in [0.3, 0.4) is 0 Å². The molecule has 0 aromatic heterocycles. The molecule has 2 heteroatoms. The predicted molar refractivity (Wildman–Crippen MR) is 92.6 cm³/mol. The highest BCUT2D eigenvalue weighted by Crippen LogP contribution is 2.40. The summed E-state index contributed by atoms with van der Waals surface area (Å²) in [5.74, 6) is 2.94. The summed E-state index contributed by atoms with van der Waals surface area (Å²) in [5.41, 5.74) is 0. The summed E-state index contributed by atoms with van der Waals surface area (Å²) in [4.78, 5) is 2.44. The molecular formula is C19H38N2. The molecule has 2 aliphatic carbocycles. The average Bonchev–Trinajstić information content (AvgIpc) is 2.51. The van der Waals surface area contributed by atoms with Crippen molar-refractivity contribution in [1.29, 1.82) is 0 Å². The summed E-state index contributed by atoms with van der Waals surface area (Å²) < 4.78 is 0. The van der Waals surface area contributed by atoms with Gasteiger partial charge in [-0.1, -0.05) is 52.4 Å². The predicted octanol–water partition coefficient (Wildman–Crippen LogP) is 4.30. The summed E-state index contributed by atoms with van der Waals surface area (Å²) in [6, 6.07) is 1.49. The summed E-state index contributed by atoms with van der Waals surface area (Å²) in [6.45, 7) is 5.87. The van der Waals surface area contributed by atoms with E-state index in [-0.39, 0.29) is 0 Å². The number of nitrogens with zero attached hydrogens (tertiary/aromatic N) is 1. The second kappa shape index (κ2) is 8.53. The van der Waals surface area contributed by atoms with Crippen molar-refractivity contribution in [2.24, 2.45) is 17.8 Å². The largest absolute Gasteiger partial charge is 0.312 e. The van der Waals surface area contributed by atoms with Crippen molar-refractivity contribution in [3.05, 3.63) is 0 Å². The lowest BCUT2D eigenvalue weighted by Crippen LogP contribution is -2.47. The Morgan fingerprint density at radius 2 is 1.62 bits per heavy atom. The van der Waals surface area contributed by atoms with E-state index in [2.05, 4.69) is 38.2 Å². The quantitative estimate of drug-likeness (QED) is 0.753. The smallest absolute Gasteiger partial charge is 0.0242 e. The number of rotatable bonds is 7. The lowest BCUT2D eigenvalue weighted by molar-refractivity contribution is 0.131. The third-order valence-electron chi connectivity index (χ3n) is 6.41. The first-order chi connectivity index (χ1) is 10.2. The fourth-order valence-corrected chi connectivity index (χ4v) is 4.95. The van der Waals surface area contributed by atoms with Gasteiger partial charge in [0.2, 0.25) is 0 Å². The molecule has 2 aliphatic rings. The van der Waals surface area contributed by atoms with Crippen LogP contribution >= 0.6 is 0 Å². The van der Waals surface area contributed by atoms with Gasteiger partial charge in [0, 0.05) is 18.6 Å². The Kier molecular flexibility index (Phi) is 7.01. The van der Waals surface area contributed by atoms with Gasteiger partial charge in [-0.15, -0.1) is 0 Å². The minimum atomic E-state index is 0.698. The number of hydrogen-bond acceptors (Lipinski definition) is 2. The van der Waals surface area contributed by atoms with Gasteiger partial charge in [-0.25, -0.2) is 0 Å². The summed E-state index contributed by atoms with van der Waals surface area (Å²) in [7, 11) is 4.51. The first kappa shape index (κ1) is 17.3. The zero-order valence-electron chi connectivity index (χ0n) is 14.9. The number of nitrogens with one attached hydrogen (secondary N) is 1. The molecule has 0 aromatic rings. The van der Waals surface area contributed by atoms with E-state index < -0.39 is 0 Å². The molecule has 0 aliphatic heterocycles. The van der Waals surface area contributed by atoms with Crippen LogP contribution in [0.25, 0.3) is 0 Å². The normalized spacial score (nSPS) is 31.4. The molecule has 0 spiro atoms. The van der Waals surface area contributed by atoms with Crippen molar-refractivity contribution in [2.75, 3.05) is 20.6 Å². The second-order valence-corrected chi connectivity index (χ2v) is 7.83. The Labute approximate surface area is 133 Å². The van der Waals surface area contributed by atoms with Crippen LogP contribution in [0.2, 0.25) is 0 Å². The number of likely N-dealkylation sites (N-methyl/N-ethyl adjacent to an activating group) is 1. The zero-order valence-corrected chi connectivity index (χ0v) is 14.9. The van der Waals surface area contributed by atoms with Crippen LogP contribution in [-0.2, 0) is 0 Å². The van der Waals surface area contributed by atoms with E-state index in [1.807, 2.05) is 0 Å². The minimum absolute atomic E-state index is 0.698. The van der Waals surface area contributed by atoms with E-state index in [0.717, 1.165) is 23.8 Å². The molecule has 2 fully saturated rings. The van der Waals surface area contributed by atoms with E-state index in [4.69, 9.17) is 0 Å². The molecule has 2 nitrogen and oxygen atoms in total. The SMILES string of the molecule is CCC(CC)C(CNC1CCC2CCCCC2C1)N(C)C. The highest BCUT2D eigenvalue weighted by atomic mass is 15.1. The van der Waals surface area contributed by atoms with Crippen molar-refractivity contribution in [1.82, 2.24) is 10.2 Å². The molecule has 0 saturated heterocycles. The lowest BCUT2D eigenvalue weighted by Gasteiger charge is -2.41. The maximum Gasteiger partial charge on any atom is 0.0242 e. The fraction of sp³-hybridized carbons (Fsp3) is 1.00. The fourth-order valence-electron chi connectivity index (χ4n) is 4.95. The van der Waals surface area contributed by atoms with Crippen molar-refractivity contribution in [3.8, 4) is 0 Å². The van der Waals surface area contributed by atoms with Gasteiger partial charge in [-0.05, 0) is 51.1 Å². The topological polar surface area (TPSA) is 15.3 Å². The molecule has 2 saturated carbocycles. The van der Waals surface area contributed by atoms with E-state index in [1.54, 1.807) is 0 Å². The molecule has 0 aromatic carbocycles. The number of fused-ring (bicyclic) bond motifs is 1. The monoisotopic (exact) mass is 294 g/mol. The van der Waals surface area contributed by atoms with Crippen LogP contribution in [-0.4, -0.2) is 37.6 Å². The third-order valence-corrected chi connectivity index (χ3v) is 6.41.